The van der Waals surface area contributed by atoms with Gasteiger partial charge in [-0.05, 0) is 28.1 Å². The lowest BCUT2D eigenvalue weighted by Crippen LogP contribution is -2.30. The Hall–Kier alpha value is -1.51. The van der Waals surface area contributed by atoms with Crippen molar-refractivity contribution in [1.82, 2.24) is 4.90 Å². The number of nitro groups is 1. The zero-order valence-corrected chi connectivity index (χ0v) is 13.2. The van der Waals surface area contributed by atoms with E-state index in [2.05, 4.69) is 15.9 Å². The Morgan fingerprint density at radius 3 is 2.38 bits per heavy atom. The van der Waals surface area contributed by atoms with Gasteiger partial charge in [0.05, 0.1) is 9.40 Å². The number of ether oxygens (including phenoxy) is 2. The standard InChI is InChI=1S/C13H15BrN2O5/c1-20-11-6-15(7-12(11)21-2)13(17)8-3-4-9(14)10(5-8)16(18)19/h3-5,11-12H,6-7H2,1-2H3. The fourth-order valence-corrected chi connectivity index (χ4v) is 2.72. The largest absolute Gasteiger partial charge is 0.377 e. The van der Waals surface area contributed by atoms with Crippen molar-refractivity contribution in [2.24, 2.45) is 0 Å². The summed E-state index contributed by atoms with van der Waals surface area (Å²) in [6, 6.07) is 4.33. The van der Waals surface area contributed by atoms with Crippen LogP contribution in [-0.2, 0) is 9.47 Å². The van der Waals surface area contributed by atoms with Crippen LogP contribution < -0.4 is 0 Å². The topological polar surface area (TPSA) is 81.9 Å². The molecule has 1 fully saturated rings. The van der Waals surface area contributed by atoms with E-state index in [1.54, 1.807) is 25.2 Å². The maximum absolute atomic E-state index is 12.4. The lowest BCUT2D eigenvalue weighted by atomic mass is 10.2. The second-order valence-corrected chi connectivity index (χ2v) is 5.54. The second kappa shape index (κ2) is 6.50. The Morgan fingerprint density at radius 2 is 1.90 bits per heavy atom. The zero-order valence-electron chi connectivity index (χ0n) is 11.6. The van der Waals surface area contributed by atoms with Crippen molar-refractivity contribution in [2.45, 2.75) is 12.2 Å². The van der Waals surface area contributed by atoms with E-state index in [9.17, 15) is 14.9 Å². The molecule has 114 valence electrons. The van der Waals surface area contributed by atoms with E-state index in [0.717, 1.165) is 0 Å². The third-order valence-corrected chi connectivity index (χ3v) is 4.17. The van der Waals surface area contributed by atoms with Crippen molar-refractivity contribution in [3.8, 4) is 0 Å². The molecule has 0 aliphatic carbocycles. The normalized spacial score (nSPS) is 21.6. The summed E-state index contributed by atoms with van der Waals surface area (Å²) < 4.78 is 10.9. The minimum Gasteiger partial charge on any atom is -0.377 e. The van der Waals surface area contributed by atoms with Crippen LogP contribution in [0.15, 0.2) is 22.7 Å². The van der Waals surface area contributed by atoms with Gasteiger partial charge in [-0.25, -0.2) is 0 Å². The number of likely N-dealkylation sites (tertiary alicyclic amines) is 1. The lowest BCUT2D eigenvalue weighted by Gasteiger charge is -2.15. The molecule has 7 nitrogen and oxygen atoms in total. The zero-order chi connectivity index (χ0) is 15.6. The minimum absolute atomic E-state index is 0.133. The molecule has 0 spiro atoms. The Morgan fingerprint density at radius 1 is 1.33 bits per heavy atom. The van der Waals surface area contributed by atoms with E-state index in [0.29, 0.717) is 17.6 Å². The summed E-state index contributed by atoms with van der Waals surface area (Å²) in [6.07, 6.45) is -0.381. The quantitative estimate of drug-likeness (QED) is 0.605. The third-order valence-electron chi connectivity index (χ3n) is 3.50. The number of hydrogen-bond donors (Lipinski definition) is 0. The molecule has 0 radical (unpaired) electrons. The van der Waals surface area contributed by atoms with Crippen molar-refractivity contribution >= 4 is 27.5 Å². The van der Waals surface area contributed by atoms with Crippen LogP contribution in [0.4, 0.5) is 5.69 Å². The fourth-order valence-electron chi connectivity index (χ4n) is 2.33. The number of amides is 1. The Balaban J connectivity index is 2.21. The van der Waals surface area contributed by atoms with Crippen LogP contribution in [-0.4, -0.2) is 55.2 Å². The van der Waals surface area contributed by atoms with E-state index < -0.39 is 4.92 Å². The number of nitrogens with zero attached hydrogens (tertiary/aromatic N) is 2. The number of hydrogen-bond acceptors (Lipinski definition) is 5. The average molecular weight is 359 g/mol. The van der Waals surface area contributed by atoms with E-state index >= 15 is 0 Å². The maximum atomic E-state index is 12.4. The van der Waals surface area contributed by atoms with Gasteiger partial charge in [-0.2, -0.15) is 0 Å². The molecule has 0 saturated carbocycles. The first-order chi connectivity index (χ1) is 9.97. The van der Waals surface area contributed by atoms with Gasteiger partial charge in [0, 0.05) is 38.9 Å². The average Bonchev–Trinajstić information content (AvgIpc) is 2.90. The molecule has 2 unspecified atom stereocenters. The molecular formula is C13H15BrN2O5. The molecular weight excluding hydrogens is 344 g/mol. The number of nitro benzene ring substituents is 1. The van der Waals surface area contributed by atoms with Gasteiger partial charge < -0.3 is 14.4 Å². The number of carbonyl (C=O) groups is 1. The van der Waals surface area contributed by atoms with Gasteiger partial charge in [0.1, 0.15) is 12.2 Å². The number of rotatable bonds is 4. The van der Waals surface area contributed by atoms with Crippen LogP contribution in [0.5, 0.6) is 0 Å². The van der Waals surface area contributed by atoms with Gasteiger partial charge >= 0.3 is 0 Å². The van der Waals surface area contributed by atoms with Crippen molar-refractivity contribution in [1.29, 1.82) is 0 Å². The van der Waals surface area contributed by atoms with Crippen molar-refractivity contribution in [3.05, 3.63) is 38.3 Å². The van der Waals surface area contributed by atoms with Gasteiger partial charge in [0.2, 0.25) is 0 Å². The molecule has 0 N–H and O–H groups in total. The fraction of sp³-hybridized carbons (Fsp3) is 0.462. The van der Waals surface area contributed by atoms with Gasteiger partial charge in [-0.3, -0.25) is 14.9 Å². The summed E-state index contributed by atoms with van der Waals surface area (Å²) in [7, 11) is 3.13. The summed E-state index contributed by atoms with van der Waals surface area (Å²) in [6.45, 7) is 0.801. The Bertz CT molecular complexity index is 553. The van der Waals surface area contributed by atoms with Crippen LogP contribution in [0.3, 0.4) is 0 Å². The molecule has 2 rings (SSSR count). The smallest absolute Gasteiger partial charge is 0.284 e. The third kappa shape index (κ3) is 3.22. The predicted octanol–water partition coefficient (Wildman–Crippen LogP) is 1.84. The van der Waals surface area contributed by atoms with E-state index in [1.807, 2.05) is 0 Å². The Kier molecular flexibility index (Phi) is 4.92. The summed E-state index contributed by atoms with van der Waals surface area (Å²) >= 11 is 3.10. The van der Waals surface area contributed by atoms with E-state index in [-0.39, 0.29) is 29.4 Å². The summed E-state index contributed by atoms with van der Waals surface area (Å²) in [5.41, 5.74) is 0.142. The molecule has 1 aromatic carbocycles. The first kappa shape index (κ1) is 15.9. The number of methoxy groups -OCH3 is 2. The number of halogens is 1. The molecule has 2 atom stereocenters. The highest BCUT2D eigenvalue weighted by Gasteiger charge is 2.36. The highest BCUT2D eigenvalue weighted by molar-refractivity contribution is 9.10. The molecule has 1 aromatic rings. The van der Waals surface area contributed by atoms with Crippen LogP contribution in [0, 0.1) is 10.1 Å². The van der Waals surface area contributed by atoms with Gasteiger partial charge in [0.25, 0.3) is 11.6 Å². The summed E-state index contributed by atoms with van der Waals surface area (Å²) in [4.78, 5) is 24.4. The highest BCUT2D eigenvalue weighted by atomic mass is 79.9. The summed E-state index contributed by atoms with van der Waals surface area (Å²) in [5, 5.41) is 10.9. The first-order valence-electron chi connectivity index (χ1n) is 6.26. The number of benzene rings is 1. The SMILES string of the molecule is COC1CN(C(=O)c2ccc(Br)c([N+](=O)[O-])c2)CC1OC. The van der Waals surface area contributed by atoms with Crippen LogP contribution >= 0.6 is 15.9 Å². The van der Waals surface area contributed by atoms with Crippen molar-refractivity contribution < 1.29 is 19.2 Å². The van der Waals surface area contributed by atoms with Crippen molar-refractivity contribution in [3.63, 3.8) is 0 Å². The number of carbonyl (C=O) groups excluding carboxylic acids is 1. The van der Waals surface area contributed by atoms with E-state index in [1.165, 1.54) is 12.1 Å². The molecule has 0 aromatic heterocycles. The molecule has 1 amide bonds. The highest BCUT2D eigenvalue weighted by Crippen LogP contribution is 2.27. The van der Waals surface area contributed by atoms with Gasteiger partial charge in [0.15, 0.2) is 0 Å². The molecule has 0 bridgehead atoms. The van der Waals surface area contributed by atoms with Gasteiger partial charge in [-0.15, -0.1) is 0 Å². The van der Waals surface area contributed by atoms with Crippen LogP contribution in [0.1, 0.15) is 10.4 Å². The Labute approximate surface area is 130 Å². The molecule has 1 aliphatic rings. The maximum Gasteiger partial charge on any atom is 0.284 e. The van der Waals surface area contributed by atoms with Crippen LogP contribution in [0.25, 0.3) is 0 Å². The lowest BCUT2D eigenvalue weighted by molar-refractivity contribution is -0.385. The van der Waals surface area contributed by atoms with Crippen molar-refractivity contribution in [2.75, 3.05) is 27.3 Å². The molecule has 1 aliphatic heterocycles. The molecule has 21 heavy (non-hydrogen) atoms. The second-order valence-electron chi connectivity index (χ2n) is 4.68. The first-order valence-corrected chi connectivity index (χ1v) is 7.06. The molecule has 8 heteroatoms. The predicted molar refractivity (Wildman–Crippen MR) is 78.3 cm³/mol. The summed E-state index contributed by atoms with van der Waals surface area (Å²) in [5.74, 6) is -0.271. The molecule has 1 saturated heterocycles. The minimum atomic E-state index is -0.527. The monoisotopic (exact) mass is 358 g/mol. The van der Waals surface area contributed by atoms with Crippen LogP contribution in [0.2, 0.25) is 0 Å². The molecule has 1 heterocycles. The van der Waals surface area contributed by atoms with E-state index in [4.69, 9.17) is 9.47 Å². The van der Waals surface area contributed by atoms with Gasteiger partial charge in [-0.1, -0.05) is 0 Å².